The third-order valence-corrected chi connectivity index (χ3v) is 5.25. The van der Waals surface area contributed by atoms with Crippen LogP contribution in [0.25, 0.3) is 0 Å². The molecule has 2 atom stereocenters. The summed E-state index contributed by atoms with van der Waals surface area (Å²) >= 11 is 0. The van der Waals surface area contributed by atoms with Gasteiger partial charge in [0.1, 0.15) is 0 Å². The van der Waals surface area contributed by atoms with Crippen molar-refractivity contribution in [1.82, 2.24) is 0 Å². The lowest BCUT2D eigenvalue weighted by Gasteiger charge is -2.36. The fraction of sp³-hybridized carbons (Fsp3) is 0.529. The molecule has 0 aliphatic heterocycles. The van der Waals surface area contributed by atoms with Crippen molar-refractivity contribution >= 4 is 11.9 Å². The van der Waals surface area contributed by atoms with E-state index in [9.17, 15) is 9.59 Å². The molecule has 0 saturated heterocycles. The van der Waals surface area contributed by atoms with E-state index in [-0.39, 0.29) is 5.92 Å². The Morgan fingerprint density at radius 3 is 2.19 bits per heavy atom. The van der Waals surface area contributed by atoms with Gasteiger partial charge in [0.2, 0.25) is 0 Å². The van der Waals surface area contributed by atoms with Gasteiger partial charge in [0.25, 0.3) is 0 Å². The van der Waals surface area contributed by atoms with Crippen molar-refractivity contribution in [2.75, 3.05) is 14.2 Å². The van der Waals surface area contributed by atoms with Gasteiger partial charge < -0.3 is 9.47 Å². The Morgan fingerprint density at radius 2 is 1.62 bits per heavy atom. The predicted molar refractivity (Wildman–Crippen MR) is 76.5 cm³/mol. The zero-order chi connectivity index (χ0) is 15.0. The highest BCUT2D eigenvalue weighted by Crippen LogP contribution is 2.53. The van der Waals surface area contributed by atoms with E-state index >= 15 is 0 Å². The minimum Gasteiger partial charge on any atom is -0.468 e. The van der Waals surface area contributed by atoms with E-state index in [1.807, 2.05) is 12.1 Å². The van der Waals surface area contributed by atoms with Crippen LogP contribution in [0.3, 0.4) is 0 Å². The van der Waals surface area contributed by atoms with E-state index in [1.54, 1.807) is 0 Å². The number of fused-ring (bicyclic) bond motifs is 2. The number of carbonyl (C=O) groups excluding carboxylic acids is 2. The number of carbonyl (C=O) groups is 2. The second kappa shape index (κ2) is 5.17. The van der Waals surface area contributed by atoms with Gasteiger partial charge in [-0.15, -0.1) is 0 Å². The van der Waals surface area contributed by atoms with Gasteiger partial charge in [-0.3, -0.25) is 9.59 Å². The van der Waals surface area contributed by atoms with Crippen LogP contribution in [0.2, 0.25) is 0 Å². The monoisotopic (exact) mass is 288 g/mol. The SMILES string of the molecule is COC(=O)C1(C(=O)OC)CC[C@H]2Cc3ccccc3C[C@H]21. The molecule has 2 aliphatic carbocycles. The van der Waals surface area contributed by atoms with Crippen LogP contribution in [0.5, 0.6) is 0 Å². The normalized spacial score (nSPS) is 25.6. The van der Waals surface area contributed by atoms with Gasteiger partial charge >= 0.3 is 11.9 Å². The topological polar surface area (TPSA) is 52.6 Å². The highest BCUT2D eigenvalue weighted by molar-refractivity contribution is 6.01. The van der Waals surface area contributed by atoms with Gasteiger partial charge in [0.05, 0.1) is 14.2 Å². The smallest absolute Gasteiger partial charge is 0.323 e. The maximum absolute atomic E-state index is 12.4. The van der Waals surface area contributed by atoms with Gasteiger partial charge in [0.15, 0.2) is 5.41 Å². The molecular weight excluding hydrogens is 268 g/mol. The average Bonchev–Trinajstić information content (AvgIpc) is 2.90. The summed E-state index contributed by atoms with van der Waals surface area (Å²) in [6.45, 7) is 0. The first-order valence-electron chi connectivity index (χ1n) is 7.37. The van der Waals surface area contributed by atoms with Gasteiger partial charge in [-0.1, -0.05) is 24.3 Å². The van der Waals surface area contributed by atoms with Crippen LogP contribution < -0.4 is 0 Å². The molecule has 1 aromatic carbocycles. The van der Waals surface area contributed by atoms with Crippen LogP contribution in [0.1, 0.15) is 24.0 Å². The van der Waals surface area contributed by atoms with Gasteiger partial charge in [-0.25, -0.2) is 0 Å². The number of hydrogen-bond acceptors (Lipinski definition) is 4. The maximum atomic E-state index is 12.4. The number of rotatable bonds is 2. The Kier molecular flexibility index (Phi) is 3.47. The predicted octanol–water partition coefficient (Wildman–Crippen LogP) is 2.14. The Balaban J connectivity index is 2.02. The first-order chi connectivity index (χ1) is 10.1. The van der Waals surface area contributed by atoms with Crippen molar-refractivity contribution in [3.05, 3.63) is 35.4 Å². The van der Waals surface area contributed by atoms with E-state index in [2.05, 4.69) is 12.1 Å². The molecule has 1 fully saturated rings. The summed E-state index contributed by atoms with van der Waals surface area (Å²) < 4.78 is 9.92. The highest BCUT2D eigenvalue weighted by atomic mass is 16.5. The Bertz CT molecular complexity index is 562. The van der Waals surface area contributed by atoms with E-state index in [0.717, 1.165) is 19.3 Å². The van der Waals surface area contributed by atoms with Crippen molar-refractivity contribution in [3.63, 3.8) is 0 Å². The molecule has 0 amide bonds. The molecule has 0 spiro atoms. The lowest BCUT2D eigenvalue weighted by Crippen LogP contribution is -2.47. The summed E-state index contributed by atoms with van der Waals surface area (Å²) in [6, 6.07) is 8.28. The molecule has 0 aromatic heterocycles. The molecule has 0 bridgehead atoms. The molecule has 1 aromatic rings. The van der Waals surface area contributed by atoms with E-state index in [1.165, 1.54) is 25.3 Å². The molecule has 1 saturated carbocycles. The molecule has 0 heterocycles. The summed E-state index contributed by atoms with van der Waals surface area (Å²) in [5, 5.41) is 0. The summed E-state index contributed by atoms with van der Waals surface area (Å²) in [4.78, 5) is 24.8. The quantitative estimate of drug-likeness (QED) is 0.618. The first-order valence-corrected chi connectivity index (χ1v) is 7.37. The molecule has 0 unspecified atom stereocenters. The Labute approximate surface area is 124 Å². The van der Waals surface area contributed by atoms with Crippen LogP contribution in [0.15, 0.2) is 24.3 Å². The van der Waals surface area contributed by atoms with Gasteiger partial charge in [-0.05, 0) is 48.6 Å². The van der Waals surface area contributed by atoms with Gasteiger partial charge in [-0.2, -0.15) is 0 Å². The average molecular weight is 288 g/mol. The molecule has 4 nitrogen and oxygen atoms in total. The Morgan fingerprint density at radius 1 is 1.05 bits per heavy atom. The molecule has 2 aliphatic rings. The second-order valence-electron chi connectivity index (χ2n) is 6.04. The van der Waals surface area contributed by atoms with Crippen molar-refractivity contribution in [1.29, 1.82) is 0 Å². The van der Waals surface area contributed by atoms with E-state index < -0.39 is 17.4 Å². The highest BCUT2D eigenvalue weighted by Gasteiger charge is 2.61. The number of methoxy groups -OCH3 is 2. The van der Waals surface area contributed by atoms with Crippen molar-refractivity contribution in [3.8, 4) is 0 Å². The fourth-order valence-electron chi connectivity index (χ4n) is 4.22. The van der Waals surface area contributed by atoms with Crippen LogP contribution in [-0.2, 0) is 31.9 Å². The van der Waals surface area contributed by atoms with E-state index in [0.29, 0.717) is 12.3 Å². The van der Waals surface area contributed by atoms with Crippen molar-refractivity contribution < 1.29 is 19.1 Å². The third kappa shape index (κ3) is 1.96. The third-order valence-electron chi connectivity index (χ3n) is 5.25. The van der Waals surface area contributed by atoms with E-state index in [4.69, 9.17) is 9.47 Å². The lowest BCUT2D eigenvalue weighted by atomic mass is 9.67. The van der Waals surface area contributed by atoms with Crippen LogP contribution in [0.4, 0.5) is 0 Å². The number of hydrogen-bond donors (Lipinski definition) is 0. The summed E-state index contributed by atoms with van der Waals surface area (Å²) in [5.41, 5.74) is 1.45. The second-order valence-corrected chi connectivity index (χ2v) is 6.04. The number of benzene rings is 1. The largest absolute Gasteiger partial charge is 0.468 e. The molecule has 0 N–H and O–H groups in total. The van der Waals surface area contributed by atoms with Gasteiger partial charge in [0, 0.05) is 0 Å². The molecule has 0 radical (unpaired) electrons. The summed E-state index contributed by atoms with van der Waals surface area (Å²) in [7, 11) is 2.69. The summed E-state index contributed by atoms with van der Waals surface area (Å²) in [5.74, 6) is -0.562. The van der Waals surface area contributed by atoms with Crippen LogP contribution in [-0.4, -0.2) is 26.2 Å². The molecule has 112 valence electrons. The Hall–Kier alpha value is -1.84. The first kappa shape index (κ1) is 14.1. The van der Waals surface area contributed by atoms with Crippen LogP contribution >= 0.6 is 0 Å². The summed E-state index contributed by atoms with van der Waals surface area (Å²) in [6.07, 6.45) is 3.06. The number of ether oxygens (including phenoxy) is 2. The molecule has 4 heteroatoms. The van der Waals surface area contributed by atoms with Crippen molar-refractivity contribution in [2.24, 2.45) is 17.3 Å². The maximum Gasteiger partial charge on any atom is 0.323 e. The van der Waals surface area contributed by atoms with Crippen molar-refractivity contribution in [2.45, 2.75) is 25.7 Å². The minimum absolute atomic E-state index is 0.0210. The zero-order valence-corrected chi connectivity index (χ0v) is 12.4. The standard InChI is InChI=1S/C17H20O4/c1-20-15(18)17(16(19)21-2)8-7-13-9-11-5-3-4-6-12(11)10-14(13)17/h3-6,13-14H,7-10H2,1-2H3/t13-,14+/m0/s1. The number of esters is 2. The zero-order valence-electron chi connectivity index (χ0n) is 12.4. The lowest BCUT2D eigenvalue weighted by molar-refractivity contribution is -0.173. The van der Waals surface area contributed by atoms with Crippen LogP contribution in [0, 0.1) is 17.3 Å². The minimum atomic E-state index is -1.12. The molecule has 21 heavy (non-hydrogen) atoms. The fourth-order valence-corrected chi connectivity index (χ4v) is 4.22. The molecule has 3 rings (SSSR count). The molecular formula is C17H20O4.